The van der Waals surface area contributed by atoms with E-state index in [2.05, 4.69) is 31.3 Å². The molecule has 0 amide bonds. The molecule has 1 N–H and O–H groups in total. The van der Waals surface area contributed by atoms with Crippen molar-refractivity contribution < 1.29 is 9.84 Å². The van der Waals surface area contributed by atoms with Gasteiger partial charge in [0.2, 0.25) is 0 Å². The number of aliphatic hydroxyl groups excluding tert-OH is 1. The van der Waals surface area contributed by atoms with Gasteiger partial charge in [0.05, 0.1) is 5.69 Å². The molecule has 0 radical (unpaired) electrons. The van der Waals surface area contributed by atoms with Crippen LogP contribution in [0.5, 0.6) is 0 Å². The smallest absolute Gasteiger partial charge is 0.139 e. The molecule has 0 atom stereocenters. The van der Waals surface area contributed by atoms with Crippen LogP contribution in [0.1, 0.15) is 12.6 Å². The molecule has 0 saturated carbocycles. The van der Waals surface area contributed by atoms with Gasteiger partial charge in [-0.3, -0.25) is 0 Å². The fourth-order valence-corrected chi connectivity index (χ4v) is 2.42. The Morgan fingerprint density at radius 3 is 2.76 bits per heavy atom. The number of hydrogen-bond acceptors (Lipinski definition) is 3. The minimum atomic E-state index is -1.06. The van der Waals surface area contributed by atoms with Crippen LogP contribution in [0.4, 0.5) is 0 Å². The summed E-state index contributed by atoms with van der Waals surface area (Å²) in [6.07, 6.45) is 6.62. The molecule has 1 rings (SSSR count). The Balaban J connectivity index is 2.63. The van der Waals surface area contributed by atoms with Crippen molar-refractivity contribution in [2.24, 2.45) is 0 Å². The van der Waals surface area contributed by atoms with E-state index in [0.29, 0.717) is 6.73 Å². The van der Waals surface area contributed by atoms with Crippen LogP contribution in [0.3, 0.4) is 0 Å². The summed E-state index contributed by atoms with van der Waals surface area (Å²) in [5.74, 6) is 0.145. The van der Waals surface area contributed by atoms with E-state index < -0.39 is 8.07 Å². The van der Waals surface area contributed by atoms with Crippen molar-refractivity contribution in [2.75, 3.05) is 6.61 Å². The summed E-state index contributed by atoms with van der Waals surface area (Å²) in [4.78, 5) is 0. The molecule has 0 bridgehead atoms. The molecule has 1 heterocycles. The molecule has 4 nitrogen and oxygen atoms in total. The van der Waals surface area contributed by atoms with Crippen molar-refractivity contribution in [1.82, 2.24) is 9.78 Å². The monoisotopic (exact) mass is 306 g/mol. The molecule has 1 aromatic rings. The minimum absolute atomic E-state index is 0.145. The Kier molecular flexibility index (Phi) is 6.65. The van der Waals surface area contributed by atoms with Gasteiger partial charge in [0.25, 0.3) is 0 Å². The first kappa shape index (κ1) is 17.5. The second-order valence-electron chi connectivity index (χ2n) is 6.21. The van der Waals surface area contributed by atoms with Crippen LogP contribution in [-0.4, -0.2) is 29.6 Å². The number of aliphatic hydroxyl groups is 1. The van der Waals surface area contributed by atoms with Gasteiger partial charge in [0, 0.05) is 20.9 Å². The van der Waals surface area contributed by atoms with Gasteiger partial charge in [-0.2, -0.15) is 5.10 Å². The van der Waals surface area contributed by atoms with Crippen LogP contribution in [0.25, 0.3) is 5.57 Å². The molecule has 0 saturated heterocycles. The van der Waals surface area contributed by atoms with E-state index in [1.807, 2.05) is 23.7 Å². The maximum absolute atomic E-state index is 9.38. The second-order valence-corrected chi connectivity index (χ2v) is 11.8. The Labute approximate surface area is 128 Å². The molecule has 0 aliphatic heterocycles. The molecule has 21 heavy (non-hydrogen) atoms. The predicted molar refractivity (Wildman–Crippen MR) is 90.9 cm³/mol. The lowest BCUT2D eigenvalue weighted by Crippen LogP contribution is -2.22. The van der Waals surface area contributed by atoms with Gasteiger partial charge in [-0.25, -0.2) is 4.68 Å². The van der Waals surface area contributed by atoms with Crippen LogP contribution in [-0.2, 0) is 11.5 Å². The van der Waals surface area contributed by atoms with Crippen molar-refractivity contribution in [1.29, 1.82) is 0 Å². The fraction of sp³-hybridized carbons (Fsp3) is 0.438. The predicted octanol–water partition coefficient (Wildman–Crippen LogP) is 4.23. The first-order valence-electron chi connectivity index (χ1n) is 7.13. The summed E-state index contributed by atoms with van der Waals surface area (Å²) >= 11 is 0. The molecule has 0 aliphatic rings. The Hall–Kier alpha value is -1.59. The van der Waals surface area contributed by atoms with Crippen LogP contribution in [0.2, 0.25) is 25.7 Å². The highest BCUT2D eigenvalue weighted by Gasteiger charge is 2.12. The number of aromatic nitrogens is 2. The third-order valence-corrected chi connectivity index (χ3v) is 4.75. The highest BCUT2D eigenvalue weighted by atomic mass is 28.3. The highest BCUT2D eigenvalue weighted by Crippen LogP contribution is 2.14. The highest BCUT2D eigenvalue weighted by molar-refractivity contribution is 6.76. The first-order chi connectivity index (χ1) is 9.83. The van der Waals surface area contributed by atoms with Crippen LogP contribution in [0.15, 0.2) is 42.8 Å². The van der Waals surface area contributed by atoms with Crippen LogP contribution < -0.4 is 0 Å². The number of rotatable bonds is 8. The van der Waals surface area contributed by atoms with E-state index in [4.69, 9.17) is 4.74 Å². The average Bonchev–Trinajstić information content (AvgIpc) is 2.88. The van der Waals surface area contributed by atoms with Gasteiger partial charge < -0.3 is 9.84 Å². The maximum atomic E-state index is 9.38. The Bertz CT molecular complexity index is 525. The summed E-state index contributed by atoms with van der Waals surface area (Å²) in [5, 5.41) is 13.7. The van der Waals surface area contributed by atoms with Crippen LogP contribution in [0, 0.1) is 0 Å². The molecular weight excluding hydrogens is 280 g/mol. The standard InChI is InChI=1S/C16H26N2O2Si/c1-6-15(19)8-7-14(2)16-9-10-17-18(16)13-20-11-12-21(3,4)5/h6-10,19H,1,11-13H2,2-5H3/b14-7+,15-8+. The molecule has 1 aromatic heterocycles. The fourth-order valence-electron chi connectivity index (χ4n) is 1.66. The molecular formula is C16H26N2O2Si. The lowest BCUT2D eigenvalue weighted by atomic mass is 10.2. The van der Waals surface area contributed by atoms with Crippen molar-refractivity contribution in [3.8, 4) is 0 Å². The number of nitrogens with zero attached hydrogens (tertiary/aromatic N) is 2. The van der Waals surface area contributed by atoms with Gasteiger partial charge in [-0.15, -0.1) is 0 Å². The average molecular weight is 306 g/mol. The molecule has 5 heteroatoms. The number of ether oxygens (including phenoxy) is 1. The number of allylic oxidation sites excluding steroid dienone is 4. The normalized spacial score (nSPS) is 13.5. The van der Waals surface area contributed by atoms with Gasteiger partial charge in [-0.1, -0.05) is 32.3 Å². The van der Waals surface area contributed by atoms with Crippen molar-refractivity contribution in [3.63, 3.8) is 0 Å². The molecule has 116 valence electrons. The van der Waals surface area contributed by atoms with Crippen molar-refractivity contribution in [3.05, 3.63) is 48.5 Å². The topological polar surface area (TPSA) is 47.3 Å². The molecule has 0 aromatic carbocycles. The summed E-state index contributed by atoms with van der Waals surface area (Å²) in [6, 6.07) is 3.08. The lowest BCUT2D eigenvalue weighted by molar-refractivity contribution is 0.0780. The van der Waals surface area contributed by atoms with Crippen molar-refractivity contribution >= 4 is 13.6 Å². The van der Waals surface area contributed by atoms with Gasteiger partial charge in [0.1, 0.15) is 12.5 Å². The largest absolute Gasteiger partial charge is 0.508 e. The minimum Gasteiger partial charge on any atom is -0.508 e. The van der Waals surface area contributed by atoms with Crippen LogP contribution >= 0.6 is 0 Å². The van der Waals surface area contributed by atoms with E-state index in [1.165, 1.54) is 6.08 Å². The zero-order valence-corrected chi connectivity index (χ0v) is 14.5. The first-order valence-corrected chi connectivity index (χ1v) is 10.8. The lowest BCUT2D eigenvalue weighted by Gasteiger charge is -2.16. The summed E-state index contributed by atoms with van der Waals surface area (Å²) in [7, 11) is -1.06. The zero-order valence-electron chi connectivity index (χ0n) is 13.5. The third kappa shape index (κ3) is 6.60. The zero-order chi connectivity index (χ0) is 15.9. The third-order valence-electron chi connectivity index (χ3n) is 3.04. The quantitative estimate of drug-likeness (QED) is 0.338. The number of hydrogen-bond donors (Lipinski definition) is 1. The van der Waals surface area contributed by atoms with Gasteiger partial charge in [-0.05, 0) is 36.8 Å². The molecule has 0 spiro atoms. The van der Waals surface area contributed by atoms with E-state index in [0.717, 1.165) is 23.9 Å². The van der Waals surface area contributed by atoms with E-state index in [-0.39, 0.29) is 5.76 Å². The Morgan fingerprint density at radius 1 is 1.43 bits per heavy atom. The molecule has 0 unspecified atom stereocenters. The van der Waals surface area contributed by atoms with E-state index >= 15 is 0 Å². The van der Waals surface area contributed by atoms with Gasteiger partial charge >= 0.3 is 0 Å². The molecule has 0 aliphatic carbocycles. The molecule has 0 fully saturated rings. The summed E-state index contributed by atoms with van der Waals surface area (Å²) in [5.41, 5.74) is 1.99. The van der Waals surface area contributed by atoms with Gasteiger partial charge in [0.15, 0.2) is 0 Å². The summed E-state index contributed by atoms with van der Waals surface area (Å²) < 4.78 is 7.55. The van der Waals surface area contributed by atoms with E-state index in [9.17, 15) is 5.11 Å². The summed E-state index contributed by atoms with van der Waals surface area (Å²) in [6.45, 7) is 13.7. The second kappa shape index (κ2) is 8.00. The SMILES string of the molecule is C=C/C(O)=C\C=C(/C)c1ccnn1COCC[Si](C)(C)C. The maximum Gasteiger partial charge on any atom is 0.139 e. The Morgan fingerprint density at radius 2 is 2.14 bits per heavy atom. The van der Waals surface area contributed by atoms with E-state index in [1.54, 1.807) is 12.3 Å². The van der Waals surface area contributed by atoms with Crippen molar-refractivity contribution in [2.45, 2.75) is 39.3 Å².